The van der Waals surface area contributed by atoms with Crippen molar-refractivity contribution in [1.82, 2.24) is 15.2 Å². The molecule has 0 aliphatic heterocycles. The summed E-state index contributed by atoms with van der Waals surface area (Å²) in [5.41, 5.74) is -1.02. The van der Waals surface area contributed by atoms with E-state index in [9.17, 15) is 29.1 Å². The molecule has 11 heteroatoms. The maximum atomic E-state index is 12.9. The molecule has 1 atom stereocenters. The van der Waals surface area contributed by atoms with Gasteiger partial charge in [-0.2, -0.15) is 0 Å². The summed E-state index contributed by atoms with van der Waals surface area (Å²) in [6.45, 7) is 3.81. The molecule has 178 valence electrons. The number of ether oxygens (including phenoxy) is 2. The van der Waals surface area contributed by atoms with Gasteiger partial charge in [0.15, 0.2) is 17.2 Å². The third-order valence-electron chi connectivity index (χ3n) is 4.53. The van der Waals surface area contributed by atoms with E-state index in [-0.39, 0.29) is 56.4 Å². The molecule has 11 nitrogen and oxygen atoms in total. The van der Waals surface area contributed by atoms with Crippen LogP contribution in [0.4, 0.5) is 0 Å². The molecule has 1 aromatic heterocycles. The van der Waals surface area contributed by atoms with Crippen LogP contribution in [-0.4, -0.2) is 66.7 Å². The van der Waals surface area contributed by atoms with E-state index >= 15 is 0 Å². The quantitative estimate of drug-likeness (QED) is 0.352. The zero-order chi connectivity index (χ0) is 24.3. The van der Waals surface area contributed by atoms with Crippen LogP contribution >= 0.6 is 0 Å². The Balaban J connectivity index is 2.93. The first-order valence-electron chi connectivity index (χ1n) is 10.2. The number of rotatable bonds is 13. The number of amides is 2. The summed E-state index contributed by atoms with van der Waals surface area (Å²) >= 11 is 0. The van der Waals surface area contributed by atoms with E-state index in [4.69, 9.17) is 4.74 Å². The molecule has 0 saturated heterocycles. The number of aromatic nitrogens is 1. The average molecular weight is 453 g/mol. The predicted octanol–water partition coefficient (Wildman–Crippen LogP) is -0.0167. The standard InChI is InChI=1S/C21H31N3O8/c1-13(2)11-15(20(29)22-12-14(25)5-6-17(27)32-4)23-21(30)18-19(28)16(26)7-8-24(18)9-10-31-3/h7-8,13,15,28H,5-6,9-12H2,1-4H3,(H,22,29)(H,23,30)/t15-/m0/s1. The highest BCUT2D eigenvalue weighted by Crippen LogP contribution is 2.13. The van der Waals surface area contributed by atoms with Crippen molar-refractivity contribution in [2.45, 2.75) is 45.7 Å². The van der Waals surface area contributed by atoms with Crippen molar-refractivity contribution in [1.29, 1.82) is 0 Å². The van der Waals surface area contributed by atoms with Gasteiger partial charge in [-0.15, -0.1) is 0 Å². The van der Waals surface area contributed by atoms with Gasteiger partial charge in [-0.1, -0.05) is 13.8 Å². The first-order valence-corrected chi connectivity index (χ1v) is 10.2. The third kappa shape index (κ3) is 8.50. The van der Waals surface area contributed by atoms with Crippen LogP contribution in [0.2, 0.25) is 0 Å². The number of hydrogen-bond donors (Lipinski definition) is 3. The number of nitrogens with zero attached hydrogens (tertiary/aromatic N) is 1. The molecule has 32 heavy (non-hydrogen) atoms. The van der Waals surface area contributed by atoms with Crippen LogP contribution in [0.5, 0.6) is 5.75 Å². The van der Waals surface area contributed by atoms with Gasteiger partial charge < -0.3 is 29.8 Å². The number of methoxy groups -OCH3 is 2. The first-order chi connectivity index (χ1) is 15.1. The molecule has 1 heterocycles. The van der Waals surface area contributed by atoms with E-state index in [0.717, 1.165) is 6.07 Å². The summed E-state index contributed by atoms with van der Waals surface area (Å²) in [6.07, 6.45) is 1.43. The van der Waals surface area contributed by atoms with Crippen molar-refractivity contribution in [3.05, 3.63) is 28.2 Å². The topological polar surface area (TPSA) is 153 Å². The Labute approximate surface area is 186 Å². The zero-order valence-corrected chi connectivity index (χ0v) is 18.8. The maximum absolute atomic E-state index is 12.9. The van der Waals surface area contributed by atoms with Gasteiger partial charge >= 0.3 is 5.97 Å². The van der Waals surface area contributed by atoms with E-state index in [0.29, 0.717) is 0 Å². The lowest BCUT2D eigenvalue weighted by Crippen LogP contribution is -2.49. The Hall–Kier alpha value is -3.21. The Kier molecular flexibility index (Phi) is 11.1. The molecular formula is C21H31N3O8. The second-order valence-electron chi connectivity index (χ2n) is 7.55. The monoisotopic (exact) mass is 453 g/mol. The van der Waals surface area contributed by atoms with Crippen LogP contribution < -0.4 is 16.1 Å². The van der Waals surface area contributed by atoms with Crippen LogP contribution in [0, 0.1) is 5.92 Å². The fourth-order valence-corrected chi connectivity index (χ4v) is 2.85. The number of hydrogen-bond acceptors (Lipinski definition) is 8. The SMILES string of the molecule is COCCn1ccc(=O)c(O)c1C(=O)N[C@@H](CC(C)C)C(=O)NCC(=O)CCC(=O)OC. The number of ketones is 1. The van der Waals surface area contributed by atoms with Crippen LogP contribution in [0.3, 0.4) is 0 Å². The Morgan fingerprint density at radius 1 is 1.16 bits per heavy atom. The van der Waals surface area contributed by atoms with Gasteiger partial charge in [0.05, 0.1) is 26.7 Å². The van der Waals surface area contributed by atoms with Gasteiger partial charge in [0.1, 0.15) is 6.04 Å². The molecular weight excluding hydrogens is 422 g/mol. The molecule has 0 radical (unpaired) electrons. The van der Waals surface area contributed by atoms with E-state index in [1.807, 2.05) is 13.8 Å². The number of pyridine rings is 1. The van der Waals surface area contributed by atoms with Crippen molar-refractivity contribution >= 4 is 23.6 Å². The highest BCUT2D eigenvalue weighted by Gasteiger charge is 2.26. The fourth-order valence-electron chi connectivity index (χ4n) is 2.85. The molecule has 0 saturated carbocycles. The summed E-state index contributed by atoms with van der Waals surface area (Å²) in [7, 11) is 2.69. The Morgan fingerprint density at radius 3 is 2.44 bits per heavy atom. The number of nitrogens with one attached hydrogen (secondary N) is 2. The number of Topliss-reactive ketones (excluding diaryl/α,β-unsaturated/α-hetero) is 1. The lowest BCUT2D eigenvalue weighted by Gasteiger charge is -2.21. The van der Waals surface area contributed by atoms with Gasteiger partial charge in [-0.25, -0.2) is 0 Å². The zero-order valence-electron chi connectivity index (χ0n) is 18.8. The van der Waals surface area contributed by atoms with E-state index in [1.54, 1.807) is 0 Å². The summed E-state index contributed by atoms with van der Waals surface area (Å²) < 4.78 is 10.8. The van der Waals surface area contributed by atoms with Crippen molar-refractivity contribution in [3.63, 3.8) is 0 Å². The minimum atomic E-state index is -1.01. The van der Waals surface area contributed by atoms with Crippen molar-refractivity contribution in [2.24, 2.45) is 5.92 Å². The number of carbonyl (C=O) groups is 4. The van der Waals surface area contributed by atoms with Crippen LogP contribution in [0.15, 0.2) is 17.1 Å². The lowest BCUT2D eigenvalue weighted by molar-refractivity contribution is -0.141. The number of aromatic hydroxyl groups is 1. The molecule has 0 fully saturated rings. The van der Waals surface area contributed by atoms with Crippen LogP contribution in [0.1, 0.15) is 43.6 Å². The molecule has 0 aromatic carbocycles. The van der Waals surface area contributed by atoms with Crippen LogP contribution in [-0.2, 0) is 30.4 Å². The third-order valence-corrected chi connectivity index (χ3v) is 4.53. The van der Waals surface area contributed by atoms with Gasteiger partial charge in [0.2, 0.25) is 11.3 Å². The summed E-state index contributed by atoms with van der Waals surface area (Å²) in [6, 6.07) is 0.113. The average Bonchev–Trinajstić information content (AvgIpc) is 2.75. The number of carbonyl (C=O) groups excluding carboxylic acids is 4. The second kappa shape index (κ2) is 13.3. The molecule has 1 rings (SSSR count). The van der Waals surface area contributed by atoms with Crippen molar-refractivity contribution in [3.8, 4) is 5.75 Å². The molecule has 3 N–H and O–H groups in total. The van der Waals surface area contributed by atoms with Gasteiger partial charge in [0.25, 0.3) is 5.91 Å². The smallest absolute Gasteiger partial charge is 0.305 e. The van der Waals surface area contributed by atoms with E-state index < -0.39 is 35.0 Å². The first kappa shape index (κ1) is 26.8. The Morgan fingerprint density at radius 2 is 1.84 bits per heavy atom. The molecule has 0 aliphatic rings. The predicted molar refractivity (Wildman–Crippen MR) is 114 cm³/mol. The summed E-state index contributed by atoms with van der Waals surface area (Å²) in [5.74, 6) is -3.03. The molecule has 0 bridgehead atoms. The fraction of sp³-hybridized carbons (Fsp3) is 0.571. The normalized spacial score (nSPS) is 11.7. The van der Waals surface area contributed by atoms with E-state index in [2.05, 4.69) is 15.4 Å². The second-order valence-corrected chi connectivity index (χ2v) is 7.55. The number of esters is 1. The van der Waals surface area contributed by atoms with Crippen molar-refractivity contribution in [2.75, 3.05) is 27.4 Å². The summed E-state index contributed by atoms with van der Waals surface area (Å²) in [5, 5.41) is 15.2. The highest BCUT2D eigenvalue weighted by atomic mass is 16.5. The lowest BCUT2D eigenvalue weighted by atomic mass is 10.0. The van der Waals surface area contributed by atoms with E-state index in [1.165, 1.54) is 25.0 Å². The molecule has 2 amide bonds. The minimum Gasteiger partial charge on any atom is -0.503 e. The maximum Gasteiger partial charge on any atom is 0.305 e. The Bertz CT molecular complexity index is 878. The molecule has 1 aromatic rings. The molecule has 0 spiro atoms. The molecule has 0 aliphatic carbocycles. The highest BCUT2D eigenvalue weighted by molar-refractivity contribution is 5.98. The van der Waals surface area contributed by atoms with Gasteiger partial charge in [-0.05, 0) is 12.3 Å². The van der Waals surface area contributed by atoms with Crippen LogP contribution in [0.25, 0.3) is 0 Å². The van der Waals surface area contributed by atoms with Gasteiger partial charge in [0, 0.05) is 32.3 Å². The summed E-state index contributed by atoms with van der Waals surface area (Å²) in [4.78, 5) is 60.4. The molecule has 0 unspecified atom stereocenters. The minimum absolute atomic E-state index is 0.0149. The van der Waals surface area contributed by atoms with Gasteiger partial charge in [-0.3, -0.25) is 24.0 Å². The van der Waals surface area contributed by atoms with Crippen molar-refractivity contribution < 1.29 is 33.8 Å². The largest absolute Gasteiger partial charge is 0.503 e.